The van der Waals surface area contributed by atoms with Crippen LogP contribution in [0.15, 0.2) is 53.1 Å². The third kappa shape index (κ3) is 3.85. The first-order valence-corrected chi connectivity index (χ1v) is 10.5. The lowest BCUT2D eigenvalue weighted by Crippen LogP contribution is -2.45. The Bertz CT molecular complexity index is 860. The van der Waals surface area contributed by atoms with E-state index in [2.05, 4.69) is 0 Å². The fourth-order valence-corrected chi connectivity index (χ4v) is 4.42. The van der Waals surface area contributed by atoms with Crippen molar-refractivity contribution in [3.8, 4) is 0 Å². The fourth-order valence-electron chi connectivity index (χ4n) is 3.48. The number of Topliss-reactive ketones (excluding diaryl/α,β-unsaturated/α-hetero) is 1. The molecule has 3 aliphatic carbocycles. The summed E-state index contributed by atoms with van der Waals surface area (Å²) < 4.78 is 42.2. The minimum atomic E-state index is -4.11. The second kappa shape index (κ2) is 7.58. The molecule has 0 saturated carbocycles. The Hall–Kier alpha value is -1.96. The minimum absolute atomic E-state index is 0.00670. The van der Waals surface area contributed by atoms with E-state index >= 15 is 0 Å². The average Bonchev–Trinajstić information content (AvgIpc) is 2.82. The van der Waals surface area contributed by atoms with Crippen molar-refractivity contribution in [2.24, 2.45) is 11.8 Å². The zero-order valence-corrected chi connectivity index (χ0v) is 16.5. The number of hydrogen-bond acceptors (Lipinski definition) is 6. The number of carbonyl (C=O) groups excluding carboxylic acids is 1. The summed E-state index contributed by atoms with van der Waals surface area (Å²) in [5.41, 5.74) is 0.930. The zero-order valence-electron chi connectivity index (χ0n) is 15.7. The second-order valence-corrected chi connectivity index (χ2v) is 8.19. The van der Waals surface area contributed by atoms with Crippen molar-refractivity contribution in [3.63, 3.8) is 0 Å². The van der Waals surface area contributed by atoms with Crippen molar-refractivity contribution >= 4 is 15.9 Å². The molecule has 7 heteroatoms. The maximum atomic E-state index is 12.8. The van der Waals surface area contributed by atoms with Crippen molar-refractivity contribution in [1.29, 1.82) is 0 Å². The van der Waals surface area contributed by atoms with Crippen LogP contribution in [0.1, 0.15) is 25.8 Å². The molecule has 0 radical (unpaired) electrons. The van der Waals surface area contributed by atoms with E-state index in [0.717, 1.165) is 5.56 Å². The van der Waals surface area contributed by atoms with E-state index in [1.165, 1.54) is 18.2 Å². The van der Waals surface area contributed by atoms with Crippen LogP contribution in [0.5, 0.6) is 0 Å². The topological polar surface area (TPSA) is 78.9 Å². The zero-order chi connectivity index (χ0) is 19.7. The van der Waals surface area contributed by atoms with Gasteiger partial charge >= 0.3 is 10.1 Å². The molecule has 1 aromatic rings. The molecule has 1 aromatic carbocycles. The maximum Gasteiger partial charge on any atom is 0.339 e. The first-order valence-electron chi connectivity index (χ1n) is 9.04. The molecule has 3 aliphatic rings. The van der Waals surface area contributed by atoms with Crippen LogP contribution in [0, 0.1) is 18.8 Å². The molecule has 0 heterocycles. The summed E-state index contributed by atoms with van der Waals surface area (Å²) in [5.74, 6) is -2.52. The highest BCUT2D eigenvalue weighted by Gasteiger charge is 2.48. The van der Waals surface area contributed by atoms with Gasteiger partial charge in [-0.15, -0.1) is 0 Å². The second-order valence-electron chi connectivity index (χ2n) is 6.64. The van der Waals surface area contributed by atoms with Crippen molar-refractivity contribution in [1.82, 2.24) is 0 Å². The molecule has 2 bridgehead atoms. The van der Waals surface area contributed by atoms with Crippen LogP contribution in [0.4, 0.5) is 0 Å². The Morgan fingerprint density at radius 3 is 2.30 bits per heavy atom. The molecule has 0 N–H and O–H groups in total. The van der Waals surface area contributed by atoms with Crippen LogP contribution in [0.25, 0.3) is 0 Å². The number of benzene rings is 1. The van der Waals surface area contributed by atoms with Crippen LogP contribution in [-0.4, -0.2) is 33.2 Å². The number of carbonyl (C=O) groups is 1. The smallest absolute Gasteiger partial charge is 0.339 e. The van der Waals surface area contributed by atoms with Crippen molar-refractivity contribution in [2.75, 3.05) is 13.2 Å². The highest BCUT2D eigenvalue weighted by atomic mass is 32.2. The van der Waals surface area contributed by atoms with E-state index in [0.29, 0.717) is 19.6 Å². The predicted octanol–water partition coefficient (Wildman–Crippen LogP) is 3.13. The highest BCUT2D eigenvalue weighted by Crippen LogP contribution is 2.42. The normalized spacial score (nSPS) is 23.8. The monoisotopic (exact) mass is 392 g/mol. The van der Waals surface area contributed by atoms with Gasteiger partial charge in [-0.05, 0) is 39.0 Å². The number of fused-ring (bicyclic) bond motifs is 2. The van der Waals surface area contributed by atoms with E-state index in [1.54, 1.807) is 18.2 Å². The van der Waals surface area contributed by atoms with Crippen LogP contribution < -0.4 is 0 Å². The highest BCUT2D eigenvalue weighted by molar-refractivity contribution is 7.86. The number of rotatable bonds is 7. The number of hydrogen-bond donors (Lipinski definition) is 0. The predicted molar refractivity (Wildman–Crippen MR) is 99.3 cm³/mol. The average molecular weight is 392 g/mol. The first kappa shape index (κ1) is 19.8. The minimum Gasteiger partial charge on any atom is -0.375 e. The molecule has 0 unspecified atom stereocenters. The molecule has 0 spiro atoms. The molecule has 0 amide bonds. The molecule has 2 atom stereocenters. The molecule has 0 aliphatic heterocycles. The Morgan fingerprint density at radius 1 is 1.07 bits per heavy atom. The summed E-state index contributed by atoms with van der Waals surface area (Å²) in [7, 11) is -4.11. The van der Waals surface area contributed by atoms with Gasteiger partial charge in [0.1, 0.15) is 4.90 Å². The third-order valence-corrected chi connectivity index (χ3v) is 6.01. The summed E-state index contributed by atoms with van der Waals surface area (Å²) in [6.45, 7) is 6.40. The number of ketones is 1. The molecule has 0 saturated heterocycles. The van der Waals surface area contributed by atoms with Crippen molar-refractivity contribution < 1.29 is 26.9 Å². The lowest BCUT2D eigenvalue weighted by Gasteiger charge is -2.40. The number of allylic oxidation sites excluding steroid dienone is 2. The first-order chi connectivity index (χ1) is 12.8. The SMILES string of the molecule is CCOC1(OCC)C[C@H]2C=C[C@@H]1C=C(OS(=O)(=O)c1ccc(C)cc1)C2=O. The Kier molecular flexibility index (Phi) is 5.55. The van der Waals surface area contributed by atoms with Gasteiger partial charge in [0.15, 0.2) is 11.5 Å². The molecular formula is C20H24O6S. The Labute approximate surface area is 159 Å². The van der Waals surface area contributed by atoms with Gasteiger partial charge in [-0.2, -0.15) is 8.42 Å². The quantitative estimate of drug-likeness (QED) is 0.403. The van der Waals surface area contributed by atoms with E-state index in [9.17, 15) is 13.2 Å². The number of ether oxygens (including phenoxy) is 2. The van der Waals surface area contributed by atoms with Gasteiger partial charge in [-0.25, -0.2) is 0 Å². The summed E-state index contributed by atoms with van der Waals surface area (Å²) in [6, 6.07) is 6.29. The van der Waals surface area contributed by atoms with Crippen LogP contribution in [0.3, 0.4) is 0 Å². The van der Waals surface area contributed by atoms with E-state index in [1.807, 2.05) is 26.8 Å². The van der Waals surface area contributed by atoms with Gasteiger partial charge in [-0.1, -0.05) is 29.8 Å². The van der Waals surface area contributed by atoms with Crippen LogP contribution >= 0.6 is 0 Å². The van der Waals surface area contributed by atoms with Gasteiger partial charge in [-0.3, -0.25) is 4.79 Å². The fraction of sp³-hybridized carbons (Fsp3) is 0.450. The van der Waals surface area contributed by atoms with Gasteiger partial charge in [0.05, 0.1) is 5.92 Å². The molecular weight excluding hydrogens is 368 g/mol. The van der Waals surface area contributed by atoms with E-state index < -0.39 is 27.7 Å². The van der Waals surface area contributed by atoms with E-state index in [4.69, 9.17) is 13.7 Å². The lowest BCUT2D eigenvalue weighted by atomic mass is 9.84. The summed E-state index contributed by atoms with van der Waals surface area (Å²) >= 11 is 0. The Balaban J connectivity index is 1.94. The third-order valence-electron chi connectivity index (χ3n) is 4.76. The molecule has 146 valence electrons. The molecule has 0 fully saturated rings. The van der Waals surface area contributed by atoms with Crippen molar-refractivity contribution in [2.45, 2.75) is 37.9 Å². The molecule has 27 heavy (non-hydrogen) atoms. The Morgan fingerprint density at radius 2 is 1.70 bits per heavy atom. The van der Waals surface area contributed by atoms with Gasteiger partial charge in [0.25, 0.3) is 0 Å². The molecule has 4 rings (SSSR count). The van der Waals surface area contributed by atoms with Gasteiger partial charge in [0, 0.05) is 25.6 Å². The van der Waals surface area contributed by atoms with Crippen molar-refractivity contribution in [3.05, 3.63) is 53.8 Å². The maximum absolute atomic E-state index is 12.8. The summed E-state index contributed by atoms with van der Waals surface area (Å²) in [4.78, 5) is 12.8. The van der Waals surface area contributed by atoms with E-state index in [-0.39, 0.29) is 16.4 Å². The van der Waals surface area contributed by atoms with Crippen LogP contribution in [0.2, 0.25) is 0 Å². The standard InChI is InChI=1S/C20H24O6S/c1-4-24-20(25-5-2)13-15-8-9-16(20)12-18(19(15)21)26-27(22,23)17-10-6-14(3)7-11-17/h6-12,15-16H,4-5,13H2,1-3H3/t15-,16-/m1/s1. The summed E-state index contributed by atoms with van der Waals surface area (Å²) in [6.07, 6.45) is 5.42. The van der Waals surface area contributed by atoms with Crippen LogP contribution in [-0.2, 0) is 28.6 Å². The molecule has 6 nitrogen and oxygen atoms in total. The summed E-state index contributed by atoms with van der Waals surface area (Å²) in [5, 5.41) is 0. The largest absolute Gasteiger partial charge is 0.375 e. The van der Waals surface area contributed by atoms with Gasteiger partial charge in [0.2, 0.25) is 5.78 Å². The number of aryl methyl sites for hydroxylation is 1. The molecule has 0 aromatic heterocycles. The van der Waals surface area contributed by atoms with Gasteiger partial charge < -0.3 is 13.7 Å². The lowest BCUT2D eigenvalue weighted by molar-refractivity contribution is -0.255.